The molecule has 3 nitrogen and oxygen atoms in total. The van der Waals surface area contributed by atoms with Crippen molar-refractivity contribution in [3.8, 4) is 10.6 Å². The third-order valence-corrected chi connectivity index (χ3v) is 4.86. The van der Waals surface area contributed by atoms with Crippen LogP contribution in [0.3, 0.4) is 0 Å². The lowest BCUT2D eigenvalue weighted by Crippen LogP contribution is -2.09. The van der Waals surface area contributed by atoms with Crippen molar-refractivity contribution in [1.82, 2.24) is 4.98 Å². The lowest BCUT2D eigenvalue weighted by molar-refractivity contribution is 1.40. The second-order valence-electron chi connectivity index (χ2n) is 2.76. The number of nitrogens with two attached hydrogens (primary N) is 1. The van der Waals surface area contributed by atoms with E-state index in [4.69, 9.17) is 11.1 Å². The normalized spacial score (nSPS) is 10.5. The third-order valence-electron chi connectivity index (χ3n) is 1.82. The molecule has 2 aromatic heterocycles. The minimum Gasteiger partial charge on any atom is -0.383 e. The van der Waals surface area contributed by atoms with E-state index >= 15 is 0 Å². The monoisotopic (exact) mass is 255 g/mol. The lowest BCUT2D eigenvalue weighted by Gasteiger charge is -1.96. The summed E-state index contributed by atoms with van der Waals surface area (Å²) in [6.45, 7) is 0. The summed E-state index contributed by atoms with van der Waals surface area (Å²) in [4.78, 5) is 5.06. The third kappa shape index (κ3) is 2.06. The zero-order valence-electron chi connectivity index (χ0n) is 7.98. The Kier molecular flexibility index (Phi) is 3.08. The zero-order chi connectivity index (χ0) is 10.8. The van der Waals surface area contributed by atoms with Crippen molar-refractivity contribution in [2.45, 2.75) is 4.21 Å². The van der Waals surface area contributed by atoms with E-state index < -0.39 is 0 Å². The molecule has 0 aliphatic rings. The summed E-state index contributed by atoms with van der Waals surface area (Å²) in [5.41, 5.74) is 6.53. The fraction of sp³-hybridized carbons (Fsp3) is 0.111. The topological polar surface area (TPSA) is 62.8 Å². The first-order valence-electron chi connectivity index (χ1n) is 4.14. The molecule has 0 bridgehead atoms. The van der Waals surface area contributed by atoms with Gasteiger partial charge in [0.25, 0.3) is 0 Å². The molecule has 0 amide bonds. The molecule has 0 fully saturated rings. The maximum Gasteiger partial charge on any atom is 0.133 e. The molecular weight excluding hydrogens is 246 g/mol. The summed E-state index contributed by atoms with van der Waals surface area (Å²) in [5, 5.41) is 10.4. The maximum absolute atomic E-state index is 7.52. The van der Waals surface area contributed by atoms with Crippen LogP contribution in [0.5, 0.6) is 0 Å². The van der Waals surface area contributed by atoms with E-state index in [1.807, 2.05) is 17.7 Å². The second-order valence-corrected chi connectivity index (χ2v) is 5.82. The van der Waals surface area contributed by atoms with Gasteiger partial charge in [-0.15, -0.1) is 34.4 Å². The SMILES string of the molecule is CSc1cc(-c2nccs2)c(C(=N)N)s1. The molecule has 2 rings (SSSR count). The molecule has 2 aromatic rings. The van der Waals surface area contributed by atoms with Gasteiger partial charge in [0.05, 0.1) is 9.09 Å². The van der Waals surface area contributed by atoms with Gasteiger partial charge in [-0.05, 0) is 12.3 Å². The van der Waals surface area contributed by atoms with Crippen molar-refractivity contribution in [2.75, 3.05) is 6.26 Å². The van der Waals surface area contributed by atoms with Crippen LogP contribution in [0.2, 0.25) is 0 Å². The van der Waals surface area contributed by atoms with E-state index in [1.165, 1.54) is 0 Å². The van der Waals surface area contributed by atoms with E-state index in [0.29, 0.717) is 0 Å². The van der Waals surface area contributed by atoms with E-state index in [0.717, 1.165) is 19.7 Å². The highest BCUT2D eigenvalue weighted by Gasteiger charge is 2.14. The van der Waals surface area contributed by atoms with Crippen molar-refractivity contribution in [3.63, 3.8) is 0 Å². The summed E-state index contributed by atoms with van der Waals surface area (Å²) < 4.78 is 1.16. The highest BCUT2D eigenvalue weighted by molar-refractivity contribution is 8.00. The second kappa shape index (κ2) is 4.34. The summed E-state index contributed by atoms with van der Waals surface area (Å²) >= 11 is 4.77. The smallest absolute Gasteiger partial charge is 0.133 e. The Labute approximate surface area is 99.9 Å². The fourth-order valence-corrected chi connectivity index (χ4v) is 3.48. The number of nitrogen functional groups attached to an aromatic ring is 1. The Morgan fingerprint density at radius 1 is 1.60 bits per heavy atom. The number of hydrogen-bond donors (Lipinski definition) is 2. The first kappa shape index (κ1) is 10.7. The van der Waals surface area contributed by atoms with E-state index in [-0.39, 0.29) is 5.84 Å². The van der Waals surface area contributed by atoms with Crippen LogP contribution in [0.1, 0.15) is 4.88 Å². The highest BCUT2D eigenvalue weighted by atomic mass is 32.2. The minimum absolute atomic E-state index is 0.116. The molecule has 0 saturated carbocycles. The largest absolute Gasteiger partial charge is 0.383 e. The molecule has 0 spiro atoms. The average molecular weight is 255 g/mol. The number of thiophene rings is 1. The number of aromatic nitrogens is 1. The molecule has 78 valence electrons. The molecule has 2 heterocycles. The summed E-state index contributed by atoms with van der Waals surface area (Å²) in [6.07, 6.45) is 3.78. The zero-order valence-corrected chi connectivity index (χ0v) is 10.4. The summed E-state index contributed by atoms with van der Waals surface area (Å²) in [7, 11) is 0. The molecule has 0 saturated heterocycles. The van der Waals surface area contributed by atoms with E-state index in [1.54, 1.807) is 40.6 Å². The van der Waals surface area contributed by atoms with Gasteiger partial charge in [0.15, 0.2) is 0 Å². The number of nitrogens with one attached hydrogen (secondary N) is 1. The molecule has 6 heteroatoms. The van der Waals surface area contributed by atoms with Crippen LogP contribution in [-0.2, 0) is 0 Å². The highest BCUT2D eigenvalue weighted by Crippen LogP contribution is 2.36. The van der Waals surface area contributed by atoms with Gasteiger partial charge in [0.2, 0.25) is 0 Å². The van der Waals surface area contributed by atoms with Gasteiger partial charge >= 0.3 is 0 Å². The van der Waals surface area contributed by atoms with Gasteiger partial charge in [-0.1, -0.05) is 0 Å². The lowest BCUT2D eigenvalue weighted by atomic mass is 10.2. The molecule has 0 unspecified atom stereocenters. The average Bonchev–Trinajstić information content (AvgIpc) is 2.86. The molecule has 3 N–H and O–H groups in total. The van der Waals surface area contributed by atoms with Crippen molar-refractivity contribution in [3.05, 3.63) is 22.5 Å². The molecule has 0 radical (unpaired) electrons. The number of thiazole rings is 1. The Morgan fingerprint density at radius 2 is 2.40 bits per heavy atom. The van der Waals surface area contributed by atoms with Gasteiger partial charge in [0.1, 0.15) is 10.8 Å². The van der Waals surface area contributed by atoms with Crippen LogP contribution in [0, 0.1) is 5.41 Å². The van der Waals surface area contributed by atoms with Crippen LogP contribution in [0.4, 0.5) is 0 Å². The standard InChI is InChI=1S/C9H9N3S3/c1-13-6-4-5(7(15-6)8(10)11)9-12-2-3-14-9/h2-4H,1H3,(H3,10,11). The van der Waals surface area contributed by atoms with Crippen LogP contribution < -0.4 is 5.73 Å². The molecule has 0 aliphatic heterocycles. The predicted molar refractivity (Wildman–Crippen MR) is 68.2 cm³/mol. The molecule has 0 aliphatic carbocycles. The molecule has 0 aromatic carbocycles. The molecule has 0 atom stereocenters. The first-order chi connectivity index (χ1) is 7.22. The van der Waals surface area contributed by atoms with Gasteiger partial charge in [-0.3, -0.25) is 5.41 Å². The Balaban J connectivity index is 2.54. The Morgan fingerprint density at radius 3 is 2.93 bits per heavy atom. The van der Waals surface area contributed by atoms with Gasteiger partial charge in [-0.2, -0.15) is 0 Å². The Bertz CT molecular complexity index is 473. The van der Waals surface area contributed by atoms with E-state index in [2.05, 4.69) is 4.98 Å². The number of hydrogen-bond acceptors (Lipinski definition) is 5. The van der Waals surface area contributed by atoms with Crippen LogP contribution in [0.25, 0.3) is 10.6 Å². The summed E-state index contributed by atoms with van der Waals surface area (Å²) in [6, 6.07) is 2.05. The number of amidine groups is 1. The van der Waals surface area contributed by atoms with Crippen LogP contribution in [-0.4, -0.2) is 17.1 Å². The first-order valence-corrected chi connectivity index (χ1v) is 7.06. The molecular formula is C9H9N3S3. The number of nitrogens with zero attached hydrogens (tertiary/aromatic N) is 1. The predicted octanol–water partition coefficient (Wildman–Crippen LogP) is 2.88. The minimum atomic E-state index is 0.116. The van der Waals surface area contributed by atoms with E-state index in [9.17, 15) is 0 Å². The number of rotatable bonds is 3. The molecule has 15 heavy (non-hydrogen) atoms. The quantitative estimate of drug-likeness (QED) is 0.503. The van der Waals surface area contributed by atoms with Crippen molar-refractivity contribution in [2.24, 2.45) is 5.73 Å². The van der Waals surface area contributed by atoms with Crippen molar-refractivity contribution >= 4 is 40.3 Å². The fourth-order valence-electron chi connectivity index (χ4n) is 1.18. The number of thioether (sulfide) groups is 1. The van der Waals surface area contributed by atoms with Gasteiger partial charge < -0.3 is 5.73 Å². The maximum atomic E-state index is 7.52. The van der Waals surface area contributed by atoms with Gasteiger partial charge in [0, 0.05) is 17.1 Å². The Hall–Kier alpha value is -0.850. The van der Waals surface area contributed by atoms with Crippen LogP contribution in [0.15, 0.2) is 21.9 Å². The van der Waals surface area contributed by atoms with Crippen molar-refractivity contribution in [1.29, 1.82) is 5.41 Å². The van der Waals surface area contributed by atoms with Crippen molar-refractivity contribution < 1.29 is 0 Å². The van der Waals surface area contributed by atoms with Crippen LogP contribution >= 0.6 is 34.4 Å². The van der Waals surface area contributed by atoms with Gasteiger partial charge in [-0.25, -0.2) is 4.98 Å². The summed E-state index contributed by atoms with van der Waals surface area (Å²) in [5.74, 6) is 0.116.